The SMILES string of the molecule is CC1CCC(C(=O)N(c2cc(C#CC(C)(C)C)sc2C(=O)O)[C@@H](C)CCOc2ccc(=O)[nH]n2)CC1.O=C(O)C(F)(F)F. The predicted molar refractivity (Wildman–Crippen MR) is 154 cm³/mol. The minimum absolute atomic E-state index is 0.0489. The standard InChI is InChI=1S/C27H35N3O5S.C2HF3O2/c1-17-6-8-19(9-7-17)25(32)30(18(2)13-15-35-23-11-10-22(31)28-29-23)21-16-20(12-14-27(3,4)5)36-24(21)26(33)34;3-2(4,5)1(6)7/h10-11,16-19H,6-9,13,15H2,1-5H3,(H,28,31)(H,33,34);(H,6,7)/t17?,18-,19?;/m0./s1. The Kier molecular flexibility index (Phi) is 12.4. The molecule has 0 aromatic carbocycles. The number of aliphatic carboxylic acids is 1. The summed E-state index contributed by atoms with van der Waals surface area (Å²) < 4.78 is 37.4. The number of carbonyl (C=O) groups excluding carboxylic acids is 1. The number of halogens is 3. The Labute approximate surface area is 251 Å². The topological polar surface area (TPSA) is 150 Å². The number of thiophene rings is 1. The summed E-state index contributed by atoms with van der Waals surface area (Å²) in [6.45, 7) is 10.3. The zero-order chi connectivity index (χ0) is 32.5. The summed E-state index contributed by atoms with van der Waals surface area (Å²) in [6.07, 6.45) is -1.07. The van der Waals surface area contributed by atoms with Crippen molar-refractivity contribution in [2.75, 3.05) is 11.5 Å². The van der Waals surface area contributed by atoms with Crippen molar-refractivity contribution < 1.29 is 42.5 Å². The minimum Gasteiger partial charge on any atom is -0.477 e. The highest BCUT2D eigenvalue weighted by atomic mass is 32.1. The van der Waals surface area contributed by atoms with E-state index in [9.17, 15) is 32.7 Å². The molecule has 0 saturated heterocycles. The lowest BCUT2D eigenvalue weighted by Crippen LogP contribution is -2.44. The number of aromatic nitrogens is 2. The van der Waals surface area contributed by atoms with Gasteiger partial charge in [-0.3, -0.25) is 9.59 Å². The van der Waals surface area contributed by atoms with Crippen LogP contribution in [0, 0.1) is 29.1 Å². The third-order valence-corrected chi connectivity index (χ3v) is 7.48. The number of aromatic amines is 1. The largest absolute Gasteiger partial charge is 0.490 e. The maximum atomic E-state index is 13.8. The van der Waals surface area contributed by atoms with Gasteiger partial charge in [0.05, 0.1) is 17.2 Å². The Morgan fingerprint density at radius 2 is 1.77 bits per heavy atom. The van der Waals surface area contributed by atoms with Crippen LogP contribution in [0.5, 0.6) is 5.88 Å². The fourth-order valence-electron chi connectivity index (χ4n) is 4.18. The highest BCUT2D eigenvalue weighted by Gasteiger charge is 2.38. The number of hydrogen-bond acceptors (Lipinski definition) is 7. The first-order valence-electron chi connectivity index (χ1n) is 13.6. The fraction of sp³-hybridized carbons (Fsp3) is 0.552. The number of carbonyl (C=O) groups is 3. The van der Waals surface area contributed by atoms with Crippen molar-refractivity contribution in [3.63, 3.8) is 0 Å². The van der Waals surface area contributed by atoms with Crippen LogP contribution in [-0.4, -0.2) is 57.1 Å². The van der Waals surface area contributed by atoms with Gasteiger partial charge in [0.2, 0.25) is 11.8 Å². The first kappa shape index (κ1) is 35.3. The number of alkyl halides is 3. The smallest absolute Gasteiger partial charge is 0.477 e. The molecule has 2 aromatic heterocycles. The zero-order valence-electron chi connectivity index (χ0n) is 24.6. The molecule has 0 radical (unpaired) electrons. The van der Waals surface area contributed by atoms with Gasteiger partial charge in [-0.1, -0.05) is 18.8 Å². The zero-order valence-corrected chi connectivity index (χ0v) is 25.4. The molecule has 0 unspecified atom stereocenters. The summed E-state index contributed by atoms with van der Waals surface area (Å²) in [6, 6.07) is 4.22. The van der Waals surface area contributed by atoms with Gasteiger partial charge in [-0.15, -0.1) is 16.4 Å². The molecule has 0 spiro atoms. The number of anilines is 1. The van der Waals surface area contributed by atoms with Gasteiger partial charge in [0, 0.05) is 35.9 Å². The van der Waals surface area contributed by atoms with Crippen LogP contribution in [0.2, 0.25) is 0 Å². The third kappa shape index (κ3) is 11.4. The molecule has 43 heavy (non-hydrogen) atoms. The lowest BCUT2D eigenvalue weighted by atomic mass is 9.82. The molecule has 2 heterocycles. The molecule has 3 rings (SSSR count). The van der Waals surface area contributed by atoms with Crippen LogP contribution in [-0.2, 0) is 9.59 Å². The maximum Gasteiger partial charge on any atom is 0.490 e. The van der Waals surface area contributed by atoms with Crippen molar-refractivity contribution in [2.45, 2.75) is 78.9 Å². The molecule has 1 aliphatic carbocycles. The van der Waals surface area contributed by atoms with Gasteiger partial charge in [-0.05, 0) is 65.4 Å². The average Bonchev–Trinajstić information content (AvgIpc) is 3.33. The highest BCUT2D eigenvalue weighted by Crippen LogP contribution is 2.36. The van der Waals surface area contributed by atoms with Crippen LogP contribution in [0.15, 0.2) is 23.0 Å². The molecular formula is C29H36F3N3O7S. The Balaban J connectivity index is 0.000000821. The van der Waals surface area contributed by atoms with E-state index in [0.29, 0.717) is 22.9 Å². The number of rotatable bonds is 8. The van der Waals surface area contributed by atoms with Crippen LogP contribution >= 0.6 is 11.3 Å². The van der Waals surface area contributed by atoms with E-state index in [4.69, 9.17) is 14.6 Å². The van der Waals surface area contributed by atoms with Crippen LogP contribution in [0.4, 0.5) is 18.9 Å². The number of hydrogen-bond donors (Lipinski definition) is 3. The minimum atomic E-state index is -5.08. The van der Waals surface area contributed by atoms with Crippen molar-refractivity contribution in [2.24, 2.45) is 17.3 Å². The fourth-order valence-corrected chi connectivity index (χ4v) is 5.02. The van der Waals surface area contributed by atoms with Crippen LogP contribution < -0.4 is 15.2 Å². The summed E-state index contributed by atoms with van der Waals surface area (Å²) in [5.41, 5.74) is -0.162. The first-order valence-corrected chi connectivity index (χ1v) is 14.4. The van der Waals surface area contributed by atoms with E-state index in [-0.39, 0.29) is 46.2 Å². The van der Waals surface area contributed by atoms with Crippen molar-refractivity contribution >= 4 is 34.9 Å². The summed E-state index contributed by atoms with van der Waals surface area (Å²) in [5.74, 6) is 3.09. The summed E-state index contributed by atoms with van der Waals surface area (Å²) in [7, 11) is 0. The van der Waals surface area contributed by atoms with Gasteiger partial charge in [-0.25, -0.2) is 14.7 Å². The second-order valence-electron chi connectivity index (χ2n) is 11.3. The van der Waals surface area contributed by atoms with Gasteiger partial charge >= 0.3 is 18.1 Å². The molecule has 3 N–H and O–H groups in total. The molecule has 1 atom stereocenters. The van der Waals surface area contributed by atoms with E-state index in [2.05, 4.69) is 29.0 Å². The number of nitrogens with zero attached hydrogens (tertiary/aromatic N) is 2. The van der Waals surface area contributed by atoms with E-state index in [0.717, 1.165) is 37.0 Å². The molecule has 1 aliphatic rings. The van der Waals surface area contributed by atoms with Gasteiger partial charge in [0.15, 0.2) is 0 Å². The van der Waals surface area contributed by atoms with Crippen molar-refractivity contribution in [3.8, 4) is 17.7 Å². The molecule has 236 valence electrons. The van der Waals surface area contributed by atoms with Crippen LogP contribution in [0.1, 0.15) is 81.3 Å². The number of nitrogens with one attached hydrogen (secondary N) is 1. The summed E-state index contributed by atoms with van der Waals surface area (Å²) >= 11 is 1.10. The van der Waals surface area contributed by atoms with Crippen molar-refractivity contribution in [1.82, 2.24) is 10.2 Å². The number of carboxylic acid groups (broad SMARTS) is 2. The molecular weight excluding hydrogens is 591 g/mol. The van der Waals surface area contributed by atoms with Gasteiger partial charge in [0.1, 0.15) is 4.88 Å². The highest BCUT2D eigenvalue weighted by molar-refractivity contribution is 7.15. The molecule has 1 amide bonds. The summed E-state index contributed by atoms with van der Waals surface area (Å²) in [5, 5.41) is 23.3. The summed E-state index contributed by atoms with van der Waals surface area (Å²) in [4.78, 5) is 48.5. The molecule has 0 bridgehead atoms. The molecule has 1 saturated carbocycles. The van der Waals surface area contributed by atoms with Crippen LogP contribution in [0.25, 0.3) is 0 Å². The van der Waals surface area contributed by atoms with Gasteiger partial charge < -0.3 is 19.8 Å². The molecule has 10 nitrogen and oxygen atoms in total. The number of amides is 1. The normalized spacial score (nSPS) is 17.4. The van der Waals surface area contributed by atoms with E-state index >= 15 is 0 Å². The lowest BCUT2D eigenvalue weighted by molar-refractivity contribution is -0.192. The monoisotopic (exact) mass is 627 g/mol. The van der Waals surface area contributed by atoms with Gasteiger partial charge in [-0.2, -0.15) is 13.2 Å². The van der Waals surface area contributed by atoms with E-state index < -0.39 is 18.1 Å². The van der Waals surface area contributed by atoms with E-state index in [1.807, 2.05) is 27.7 Å². The predicted octanol–water partition coefficient (Wildman–Crippen LogP) is 5.58. The molecule has 14 heteroatoms. The first-order chi connectivity index (χ1) is 19.9. The third-order valence-electron chi connectivity index (χ3n) is 6.45. The average molecular weight is 628 g/mol. The number of carboxylic acids is 2. The number of aromatic carboxylic acids is 1. The Morgan fingerprint density at radius 3 is 2.26 bits per heavy atom. The number of H-pyrrole nitrogens is 1. The van der Waals surface area contributed by atoms with E-state index in [1.165, 1.54) is 12.1 Å². The molecule has 2 aromatic rings. The Bertz CT molecular complexity index is 1370. The molecule has 0 aliphatic heterocycles. The second kappa shape index (κ2) is 15.0. The quantitative estimate of drug-likeness (QED) is 0.321. The van der Waals surface area contributed by atoms with Crippen LogP contribution in [0.3, 0.4) is 0 Å². The maximum absolute atomic E-state index is 13.8. The van der Waals surface area contributed by atoms with E-state index in [1.54, 1.807) is 11.0 Å². The second-order valence-corrected chi connectivity index (χ2v) is 12.4. The molecule has 1 fully saturated rings. The van der Waals surface area contributed by atoms with Crippen molar-refractivity contribution in [3.05, 3.63) is 38.3 Å². The van der Waals surface area contributed by atoms with Crippen molar-refractivity contribution in [1.29, 1.82) is 0 Å². The van der Waals surface area contributed by atoms with Gasteiger partial charge in [0.25, 0.3) is 5.56 Å². The Hall–Kier alpha value is -3.86. The lowest BCUT2D eigenvalue weighted by Gasteiger charge is -2.34. The number of ether oxygens (including phenoxy) is 1. The Morgan fingerprint density at radius 1 is 1.16 bits per heavy atom.